The second-order valence-corrected chi connectivity index (χ2v) is 13.2. The van der Waals surface area contributed by atoms with Crippen molar-refractivity contribution in [3.63, 3.8) is 0 Å². The molecule has 2 aliphatic rings. The highest BCUT2D eigenvalue weighted by Crippen LogP contribution is 2.43. The Kier molecular flexibility index (Phi) is 8.81. The highest BCUT2D eigenvalue weighted by Gasteiger charge is 2.28. The van der Waals surface area contributed by atoms with Gasteiger partial charge in [0.05, 0.1) is 34.8 Å². The van der Waals surface area contributed by atoms with Crippen LogP contribution < -0.4 is 15.5 Å². The van der Waals surface area contributed by atoms with Crippen LogP contribution in [0.15, 0.2) is 61.1 Å². The SMILES string of the molecule is COC1CCC(NC/C=C/C(=O)Nc2c(F)cc(C(=O)c3cc4c5c(cccn35)-c3c(C)cc5c(ncn5C)c3N(C)CC4)cc2F)CC1. The standard InChI is InChI=1S/C38H40F2N6O3/c1-22-17-30-35(42-21-45(30)3)37-33(22)27-7-6-15-46-31(20-23(36(27)46)13-16-44(37)2)38(48)24-18-28(39)34(29(40)19-24)43-32(47)8-5-14-41-25-9-11-26(49-4)12-10-25/h5-8,15,17-21,25-26,41H,9-14,16H2,1-4H3,(H,43,47)/b8-5+. The molecule has 1 aliphatic heterocycles. The van der Waals surface area contributed by atoms with Crippen molar-refractivity contribution in [2.24, 2.45) is 7.05 Å². The number of anilines is 2. The van der Waals surface area contributed by atoms with E-state index >= 15 is 8.78 Å². The maximum absolute atomic E-state index is 15.3. The number of hydrogen-bond acceptors (Lipinski definition) is 6. The first-order valence-corrected chi connectivity index (χ1v) is 16.7. The summed E-state index contributed by atoms with van der Waals surface area (Å²) in [6.45, 7) is 3.21. The topological polar surface area (TPSA) is 92.9 Å². The van der Waals surface area contributed by atoms with Gasteiger partial charge in [0.2, 0.25) is 11.7 Å². The van der Waals surface area contributed by atoms with Crippen molar-refractivity contribution in [1.82, 2.24) is 19.3 Å². The molecule has 2 N–H and O–H groups in total. The van der Waals surface area contributed by atoms with Crippen LogP contribution in [0.25, 0.3) is 27.7 Å². The number of amides is 1. The van der Waals surface area contributed by atoms with Gasteiger partial charge in [0.1, 0.15) is 22.8 Å². The maximum Gasteiger partial charge on any atom is 0.248 e. The van der Waals surface area contributed by atoms with Crippen LogP contribution in [0.4, 0.5) is 20.2 Å². The van der Waals surface area contributed by atoms with E-state index in [1.165, 1.54) is 6.08 Å². The number of halogens is 2. The number of likely N-dealkylation sites (N-methyl/N-ethyl adjacent to an activating group) is 1. The minimum absolute atomic E-state index is 0.147. The first kappa shape index (κ1) is 32.7. The van der Waals surface area contributed by atoms with Crippen molar-refractivity contribution < 1.29 is 23.1 Å². The first-order valence-electron chi connectivity index (χ1n) is 16.7. The lowest BCUT2D eigenvalue weighted by molar-refractivity contribution is -0.112. The van der Waals surface area contributed by atoms with Gasteiger partial charge in [0, 0.05) is 69.3 Å². The van der Waals surface area contributed by atoms with Crippen LogP contribution in [0.1, 0.15) is 52.9 Å². The Morgan fingerprint density at radius 2 is 1.84 bits per heavy atom. The van der Waals surface area contributed by atoms with Gasteiger partial charge in [-0.15, -0.1) is 0 Å². The fourth-order valence-electron chi connectivity index (χ4n) is 7.43. The Bertz CT molecular complexity index is 2100. The van der Waals surface area contributed by atoms with Crippen molar-refractivity contribution in [3.8, 4) is 11.1 Å². The number of ether oxygens (including phenoxy) is 1. The van der Waals surface area contributed by atoms with Gasteiger partial charge >= 0.3 is 0 Å². The summed E-state index contributed by atoms with van der Waals surface area (Å²) in [6, 6.07) is 10.2. The lowest BCUT2D eigenvalue weighted by Gasteiger charge is -2.27. The third kappa shape index (κ3) is 6.02. The molecule has 7 rings (SSSR count). The lowest BCUT2D eigenvalue weighted by atomic mass is 9.93. The molecule has 0 saturated heterocycles. The molecule has 1 saturated carbocycles. The van der Waals surface area contributed by atoms with Gasteiger partial charge in [0.15, 0.2) is 0 Å². The summed E-state index contributed by atoms with van der Waals surface area (Å²) in [5.74, 6) is -3.23. The molecule has 1 fully saturated rings. The van der Waals surface area contributed by atoms with Crippen LogP contribution in [-0.2, 0) is 23.0 Å². The highest BCUT2D eigenvalue weighted by molar-refractivity contribution is 6.11. The van der Waals surface area contributed by atoms with Crippen molar-refractivity contribution in [2.75, 3.05) is 37.5 Å². The number of aryl methyl sites for hydroxylation is 2. The van der Waals surface area contributed by atoms with Crippen LogP contribution in [0.5, 0.6) is 0 Å². The van der Waals surface area contributed by atoms with Gasteiger partial charge in [-0.05, 0) is 80.5 Å². The van der Waals surface area contributed by atoms with Crippen LogP contribution in [0.3, 0.4) is 0 Å². The zero-order valence-corrected chi connectivity index (χ0v) is 28.1. The number of nitrogens with one attached hydrogen (secondary N) is 2. The number of aromatic nitrogens is 3. The Morgan fingerprint density at radius 1 is 1.08 bits per heavy atom. The Hall–Kier alpha value is -4.87. The summed E-state index contributed by atoms with van der Waals surface area (Å²) in [6.07, 6.45) is 11.4. The zero-order valence-electron chi connectivity index (χ0n) is 28.1. The van der Waals surface area contributed by atoms with E-state index in [4.69, 9.17) is 9.72 Å². The number of benzene rings is 2. The molecule has 0 radical (unpaired) electrons. The predicted octanol–water partition coefficient (Wildman–Crippen LogP) is 6.34. The largest absolute Gasteiger partial charge is 0.381 e. The summed E-state index contributed by atoms with van der Waals surface area (Å²) in [5.41, 5.74) is 7.45. The molecule has 254 valence electrons. The maximum atomic E-state index is 15.3. The van der Waals surface area contributed by atoms with Crippen molar-refractivity contribution in [3.05, 3.63) is 95.1 Å². The van der Waals surface area contributed by atoms with Gasteiger partial charge in [-0.25, -0.2) is 13.8 Å². The van der Waals surface area contributed by atoms with Crippen LogP contribution in [0, 0.1) is 18.6 Å². The second kappa shape index (κ2) is 13.2. The summed E-state index contributed by atoms with van der Waals surface area (Å²) in [5, 5.41) is 5.67. The van der Waals surface area contributed by atoms with Crippen molar-refractivity contribution >= 4 is 39.6 Å². The molecule has 0 spiro atoms. The van der Waals surface area contributed by atoms with Crippen LogP contribution in [-0.4, -0.2) is 65.0 Å². The highest BCUT2D eigenvalue weighted by atomic mass is 19.1. The molecule has 1 amide bonds. The Balaban J connectivity index is 1.14. The van der Waals surface area contributed by atoms with E-state index in [0.29, 0.717) is 37.4 Å². The number of hydrogen-bond donors (Lipinski definition) is 2. The molecule has 11 heteroatoms. The van der Waals surface area contributed by atoms with Gasteiger partial charge < -0.3 is 29.2 Å². The predicted molar refractivity (Wildman–Crippen MR) is 187 cm³/mol. The fraction of sp³-hybridized carbons (Fsp3) is 0.342. The van der Waals surface area contributed by atoms with E-state index < -0.39 is 29.0 Å². The number of ketones is 1. The number of rotatable bonds is 8. The van der Waals surface area contributed by atoms with E-state index in [9.17, 15) is 9.59 Å². The number of methoxy groups -OCH3 is 1. The molecular weight excluding hydrogens is 626 g/mol. The first-order chi connectivity index (χ1) is 23.6. The minimum atomic E-state index is -1.02. The molecule has 3 aromatic heterocycles. The van der Waals surface area contributed by atoms with E-state index in [-0.39, 0.29) is 5.56 Å². The quantitative estimate of drug-likeness (QED) is 0.148. The summed E-state index contributed by atoms with van der Waals surface area (Å²) in [7, 11) is 5.76. The molecule has 5 aromatic rings. The number of fused-ring (bicyclic) bond motifs is 4. The van der Waals surface area contributed by atoms with Gasteiger partial charge in [-0.2, -0.15) is 0 Å². The molecule has 1 aliphatic carbocycles. The molecule has 49 heavy (non-hydrogen) atoms. The van der Waals surface area contributed by atoms with Crippen molar-refractivity contribution in [1.29, 1.82) is 0 Å². The summed E-state index contributed by atoms with van der Waals surface area (Å²) < 4.78 is 39.9. The number of pyridine rings is 1. The van der Waals surface area contributed by atoms with E-state index in [1.807, 2.05) is 53.8 Å². The molecule has 9 nitrogen and oxygen atoms in total. The molecule has 0 atom stereocenters. The molecule has 4 heterocycles. The van der Waals surface area contributed by atoms with Crippen LogP contribution in [0.2, 0.25) is 0 Å². The number of carbonyl (C=O) groups excluding carboxylic acids is 2. The third-order valence-electron chi connectivity index (χ3n) is 10.0. The summed E-state index contributed by atoms with van der Waals surface area (Å²) >= 11 is 0. The monoisotopic (exact) mass is 666 g/mol. The second-order valence-electron chi connectivity index (χ2n) is 13.2. The fourth-order valence-corrected chi connectivity index (χ4v) is 7.43. The number of nitrogens with zero attached hydrogens (tertiary/aromatic N) is 4. The average Bonchev–Trinajstić information content (AvgIpc) is 3.65. The van der Waals surface area contributed by atoms with Gasteiger partial charge in [-0.1, -0.05) is 12.1 Å². The van der Waals surface area contributed by atoms with Crippen LogP contribution >= 0.6 is 0 Å². The Labute approximate surface area is 283 Å². The zero-order chi connectivity index (χ0) is 34.4. The molecule has 0 unspecified atom stereocenters. The number of carbonyl (C=O) groups is 2. The lowest BCUT2D eigenvalue weighted by Crippen LogP contribution is -2.35. The average molecular weight is 667 g/mol. The number of imidazole rings is 1. The minimum Gasteiger partial charge on any atom is -0.381 e. The smallest absolute Gasteiger partial charge is 0.248 e. The third-order valence-corrected chi connectivity index (χ3v) is 10.0. The van der Waals surface area contributed by atoms with E-state index in [2.05, 4.69) is 28.5 Å². The van der Waals surface area contributed by atoms with Gasteiger partial charge in [0.25, 0.3) is 0 Å². The van der Waals surface area contributed by atoms with E-state index in [0.717, 1.165) is 82.3 Å². The normalized spacial score (nSPS) is 17.8. The summed E-state index contributed by atoms with van der Waals surface area (Å²) in [4.78, 5) is 33.4. The molecule has 0 bridgehead atoms. The van der Waals surface area contributed by atoms with Gasteiger partial charge in [-0.3, -0.25) is 9.59 Å². The van der Waals surface area contributed by atoms with E-state index in [1.54, 1.807) is 13.2 Å². The van der Waals surface area contributed by atoms with Crippen molar-refractivity contribution in [2.45, 2.75) is 51.2 Å². The Morgan fingerprint density at radius 3 is 2.57 bits per heavy atom. The molecular formula is C38H40F2N6O3. The molecule has 2 aromatic carbocycles.